The minimum absolute atomic E-state index is 0.0669. The number of nitrogens with zero attached hydrogens (tertiary/aromatic N) is 3. The van der Waals surface area contributed by atoms with E-state index in [-0.39, 0.29) is 11.9 Å². The molecule has 2 amide bonds. The predicted molar refractivity (Wildman–Crippen MR) is 115 cm³/mol. The number of carbonyl (C=O) groups is 1. The van der Waals surface area contributed by atoms with E-state index in [2.05, 4.69) is 45.6 Å². The summed E-state index contributed by atoms with van der Waals surface area (Å²) in [6, 6.07) is 18.3. The van der Waals surface area contributed by atoms with Crippen molar-refractivity contribution in [3.63, 3.8) is 0 Å². The Morgan fingerprint density at radius 3 is 2.32 bits per heavy atom. The van der Waals surface area contributed by atoms with E-state index in [0.717, 1.165) is 41.7 Å². The van der Waals surface area contributed by atoms with E-state index >= 15 is 0 Å². The van der Waals surface area contributed by atoms with Crippen LogP contribution in [0.2, 0.25) is 0 Å². The van der Waals surface area contributed by atoms with Crippen molar-refractivity contribution in [2.75, 3.05) is 19.6 Å². The number of hydrazine groups is 1. The maximum atomic E-state index is 12.9. The first kappa shape index (κ1) is 19.2. The third-order valence-corrected chi connectivity index (χ3v) is 5.88. The molecule has 1 N–H and O–H groups in total. The summed E-state index contributed by atoms with van der Waals surface area (Å²) in [4.78, 5) is 12.9. The van der Waals surface area contributed by atoms with Gasteiger partial charge in [-0.2, -0.15) is 5.10 Å². The first-order chi connectivity index (χ1) is 13.7. The molecule has 1 unspecified atom stereocenters. The molecule has 1 fully saturated rings. The zero-order valence-corrected chi connectivity index (χ0v) is 17.4. The van der Waals surface area contributed by atoms with Gasteiger partial charge in [0.15, 0.2) is 0 Å². The SMILES string of the molecule is O=C(NN1CCCCCC1)N1CC(c2ccccc2)C(c2ccc(Br)cc2)=N1. The zero-order chi connectivity index (χ0) is 19.3. The Balaban J connectivity index is 1.56. The van der Waals surface area contributed by atoms with Gasteiger partial charge in [0.2, 0.25) is 0 Å². The quantitative estimate of drug-likeness (QED) is 0.747. The summed E-state index contributed by atoms with van der Waals surface area (Å²) in [5, 5.41) is 8.36. The van der Waals surface area contributed by atoms with E-state index in [9.17, 15) is 4.79 Å². The number of halogens is 1. The molecular weight excluding hydrogens is 416 g/mol. The van der Waals surface area contributed by atoms with Crippen LogP contribution in [0.15, 0.2) is 64.2 Å². The van der Waals surface area contributed by atoms with Crippen LogP contribution < -0.4 is 5.43 Å². The number of hydrazone groups is 1. The molecule has 2 aromatic carbocycles. The molecule has 28 heavy (non-hydrogen) atoms. The van der Waals surface area contributed by atoms with Crippen molar-refractivity contribution >= 4 is 27.7 Å². The fraction of sp³-hybridized carbons (Fsp3) is 0.364. The Labute approximate surface area is 174 Å². The van der Waals surface area contributed by atoms with Gasteiger partial charge in [0.05, 0.1) is 12.3 Å². The summed E-state index contributed by atoms with van der Waals surface area (Å²) in [5.41, 5.74) is 6.21. The van der Waals surface area contributed by atoms with Crippen molar-refractivity contribution in [2.45, 2.75) is 31.6 Å². The Morgan fingerprint density at radius 2 is 1.64 bits per heavy atom. The highest BCUT2D eigenvalue weighted by Gasteiger charge is 2.32. The van der Waals surface area contributed by atoms with Crippen molar-refractivity contribution in [1.82, 2.24) is 15.4 Å². The Hall–Kier alpha value is -2.18. The molecule has 1 atom stereocenters. The third-order valence-electron chi connectivity index (χ3n) is 5.35. The lowest BCUT2D eigenvalue weighted by Gasteiger charge is -2.23. The summed E-state index contributed by atoms with van der Waals surface area (Å²) in [5.74, 6) is 0.0669. The van der Waals surface area contributed by atoms with Gasteiger partial charge in [-0.1, -0.05) is 71.2 Å². The maximum absolute atomic E-state index is 12.9. The molecule has 146 valence electrons. The fourth-order valence-electron chi connectivity index (χ4n) is 3.83. The Bertz CT molecular complexity index is 829. The molecule has 0 aliphatic carbocycles. The molecule has 2 aliphatic rings. The van der Waals surface area contributed by atoms with Gasteiger partial charge < -0.3 is 0 Å². The van der Waals surface area contributed by atoms with Crippen LogP contribution in [-0.4, -0.2) is 41.4 Å². The van der Waals surface area contributed by atoms with E-state index < -0.39 is 0 Å². The lowest BCUT2D eigenvalue weighted by Crippen LogP contribution is -2.47. The van der Waals surface area contributed by atoms with Gasteiger partial charge in [0.25, 0.3) is 0 Å². The van der Waals surface area contributed by atoms with E-state index in [0.29, 0.717) is 6.54 Å². The van der Waals surface area contributed by atoms with Crippen LogP contribution in [0.3, 0.4) is 0 Å². The minimum atomic E-state index is -0.144. The van der Waals surface area contributed by atoms with Crippen LogP contribution in [0, 0.1) is 0 Å². The maximum Gasteiger partial charge on any atom is 0.352 e. The normalized spacial score (nSPS) is 20.5. The van der Waals surface area contributed by atoms with E-state index in [1.165, 1.54) is 18.4 Å². The lowest BCUT2D eigenvalue weighted by molar-refractivity contribution is 0.151. The number of carbonyl (C=O) groups excluding carboxylic acids is 1. The first-order valence-corrected chi connectivity index (χ1v) is 10.7. The van der Waals surface area contributed by atoms with Crippen LogP contribution in [0.1, 0.15) is 42.7 Å². The van der Waals surface area contributed by atoms with Gasteiger partial charge in [-0.15, -0.1) is 0 Å². The predicted octanol–water partition coefficient (Wildman–Crippen LogP) is 4.75. The van der Waals surface area contributed by atoms with E-state index in [4.69, 9.17) is 5.10 Å². The van der Waals surface area contributed by atoms with Gasteiger partial charge in [-0.3, -0.25) is 5.43 Å². The highest BCUT2D eigenvalue weighted by atomic mass is 79.9. The van der Waals surface area contributed by atoms with Gasteiger partial charge in [-0.25, -0.2) is 14.8 Å². The molecule has 4 rings (SSSR count). The third kappa shape index (κ3) is 4.45. The van der Waals surface area contributed by atoms with E-state index in [1.807, 2.05) is 35.3 Å². The molecule has 5 nitrogen and oxygen atoms in total. The van der Waals surface area contributed by atoms with E-state index in [1.54, 1.807) is 5.01 Å². The van der Waals surface area contributed by atoms with Crippen LogP contribution in [0.4, 0.5) is 4.79 Å². The molecule has 2 aliphatic heterocycles. The van der Waals surface area contributed by atoms with Crippen molar-refractivity contribution in [3.05, 3.63) is 70.2 Å². The highest BCUT2D eigenvalue weighted by molar-refractivity contribution is 9.10. The fourth-order valence-corrected chi connectivity index (χ4v) is 4.10. The summed E-state index contributed by atoms with van der Waals surface area (Å²) >= 11 is 3.49. The molecule has 0 spiro atoms. The van der Waals surface area contributed by atoms with Crippen molar-refractivity contribution in [3.8, 4) is 0 Å². The van der Waals surface area contributed by atoms with Gasteiger partial charge in [0, 0.05) is 23.5 Å². The zero-order valence-electron chi connectivity index (χ0n) is 15.9. The van der Waals surface area contributed by atoms with Crippen LogP contribution in [0.5, 0.6) is 0 Å². The first-order valence-electron chi connectivity index (χ1n) is 9.93. The van der Waals surface area contributed by atoms with Crippen molar-refractivity contribution < 1.29 is 4.79 Å². The second-order valence-corrected chi connectivity index (χ2v) is 8.27. The molecule has 2 heterocycles. The molecule has 2 aromatic rings. The van der Waals surface area contributed by atoms with Crippen molar-refractivity contribution in [1.29, 1.82) is 0 Å². The number of hydrogen-bond acceptors (Lipinski definition) is 3. The second kappa shape index (κ2) is 8.88. The van der Waals surface area contributed by atoms with Crippen LogP contribution >= 0.6 is 15.9 Å². The van der Waals surface area contributed by atoms with Crippen LogP contribution in [-0.2, 0) is 0 Å². The van der Waals surface area contributed by atoms with Gasteiger partial charge in [0.1, 0.15) is 0 Å². The summed E-state index contributed by atoms with van der Waals surface area (Å²) in [6.45, 7) is 2.37. The average Bonchev–Trinajstić information content (AvgIpc) is 3.01. The molecule has 0 radical (unpaired) electrons. The molecule has 0 bridgehead atoms. The molecule has 1 saturated heterocycles. The summed E-state index contributed by atoms with van der Waals surface area (Å²) in [7, 11) is 0. The lowest BCUT2D eigenvalue weighted by atomic mass is 9.91. The number of amides is 2. The summed E-state index contributed by atoms with van der Waals surface area (Å²) in [6.07, 6.45) is 4.72. The van der Waals surface area contributed by atoms with Crippen molar-refractivity contribution in [2.24, 2.45) is 5.10 Å². The number of benzene rings is 2. The largest absolute Gasteiger partial charge is 0.352 e. The van der Waals surface area contributed by atoms with Gasteiger partial charge >= 0.3 is 6.03 Å². The molecule has 0 saturated carbocycles. The monoisotopic (exact) mass is 440 g/mol. The second-order valence-electron chi connectivity index (χ2n) is 7.36. The minimum Gasteiger partial charge on any atom is -0.269 e. The average molecular weight is 441 g/mol. The molecule has 0 aromatic heterocycles. The topological polar surface area (TPSA) is 47.9 Å². The number of hydrogen-bond donors (Lipinski definition) is 1. The van der Waals surface area contributed by atoms with Crippen LogP contribution in [0.25, 0.3) is 0 Å². The Kier molecular flexibility index (Phi) is 6.07. The summed E-state index contributed by atoms with van der Waals surface area (Å²) < 4.78 is 1.03. The van der Waals surface area contributed by atoms with Gasteiger partial charge in [-0.05, 0) is 36.1 Å². The number of nitrogens with one attached hydrogen (secondary N) is 1. The molecular formula is C22H25BrN4O. The number of rotatable bonds is 3. The standard InChI is InChI=1S/C22H25BrN4O/c23-19-12-10-18(11-13-19)21-20(17-8-4-3-5-9-17)16-27(24-21)22(28)25-26-14-6-1-2-7-15-26/h3-5,8-13,20H,1-2,6-7,14-16H2,(H,25,28). The highest BCUT2D eigenvalue weighted by Crippen LogP contribution is 2.29. The Morgan fingerprint density at radius 1 is 0.964 bits per heavy atom. The smallest absolute Gasteiger partial charge is 0.269 e. The number of urea groups is 1. The molecule has 6 heteroatoms.